The van der Waals surface area contributed by atoms with Crippen molar-refractivity contribution in [1.29, 1.82) is 0 Å². The van der Waals surface area contributed by atoms with Crippen LogP contribution >= 0.6 is 0 Å². The highest BCUT2D eigenvalue weighted by molar-refractivity contribution is 5.85. The first kappa shape index (κ1) is 15.1. The summed E-state index contributed by atoms with van der Waals surface area (Å²) in [7, 11) is 0. The number of carboxylic acid groups (broad SMARTS) is 1. The van der Waals surface area contributed by atoms with Gasteiger partial charge in [0.05, 0.1) is 5.92 Å². The van der Waals surface area contributed by atoms with Gasteiger partial charge in [0.2, 0.25) is 5.91 Å². The number of carbonyl (C=O) groups is 2. The first-order valence-electron chi connectivity index (χ1n) is 6.89. The molecule has 0 saturated heterocycles. The zero-order valence-electron chi connectivity index (χ0n) is 10.9. The van der Waals surface area contributed by atoms with E-state index < -0.39 is 35.9 Å². The summed E-state index contributed by atoms with van der Waals surface area (Å²) in [6.07, 6.45) is -2.40. The van der Waals surface area contributed by atoms with E-state index in [-0.39, 0.29) is 31.6 Å². The fourth-order valence-corrected chi connectivity index (χ4v) is 2.76. The van der Waals surface area contributed by atoms with Gasteiger partial charge in [0.15, 0.2) is 0 Å². The summed E-state index contributed by atoms with van der Waals surface area (Å²) in [5.74, 6) is -3.32. The Morgan fingerprint density at radius 2 is 1.60 bits per heavy atom. The quantitative estimate of drug-likeness (QED) is 0.836. The van der Waals surface area contributed by atoms with Gasteiger partial charge in [-0.1, -0.05) is 0 Å². The number of carboxylic acids is 1. The first-order valence-corrected chi connectivity index (χ1v) is 6.89. The van der Waals surface area contributed by atoms with Gasteiger partial charge in [-0.25, -0.2) is 4.79 Å². The van der Waals surface area contributed by atoms with E-state index in [1.807, 2.05) is 0 Å². The molecule has 1 atom stereocenters. The van der Waals surface area contributed by atoms with Crippen LogP contribution in [0.4, 0.5) is 13.2 Å². The smallest absolute Gasteiger partial charge is 0.391 e. The molecular formula is C13H18F3NO3. The fraction of sp³-hybridized carbons (Fsp3) is 0.846. The lowest BCUT2D eigenvalue weighted by molar-refractivity contribution is -0.184. The lowest BCUT2D eigenvalue weighted by Gasteiger charge is -2.29. The van der Waals surface area contributed by atoms with Crippen LogP contribution in [-0.4, -0.2) is 29.2 Å². The summed E-state index contributed by atoms with van der Waals surface area (Å²) in [5, 5.41) is 11.5. The normalized spacial score (nSPS) is 28.8. The minimum absolute atomic E-state index is 0.0250. The molecule has 20 heavy (non-hydrogen) atoms. The molecule has 114 valence electrons. The van der Waals surface area contributed by atoms with Crippen LogP contribution in [0.1, 0.15) is 38.5 Å². The van der Waals surface area contributed by atoms with Crippen molar-refractivity contribution in [3.8, 4) is 0 Å². The molecule has 0 aromatic heterocycles. The molecular weight excluding hydrogens is 275 g/mol. The number of carbonyl (C=O) groups excluding carboxylic acids is 1. The number of halogens is 3. The lowest BCUT2D eigenvalue weighted by Crippen LogP contribution is -2.46. The molecule has 1 unspecified atom stereocenters. The van der Waals surface area contributed by atoms with Crippen molar-refractivity contribution in [3.63, 3.8) is 0 Å². The van der Waals surface area contributed by atoms with Crippen molar-refractivity contribution in [2.75, 3.05) is 0 Å². The van der Waals surface area contributed by atoms with Crippen molar-refractivity contribution < 1.29 is 27.9 Å². The Bertz CT molecular complexity index is 385. The summed E-state index contributed by atoms with van der Waals surface area (Å²) in [6.45, 7) is 0. The second kappa shape index (κ2) is 5.61. The standard InChI is InChI=1S/C13H18F3NO3/c14-13(15,16)9-5-3-8(4-6-9)11(18)17-10(12(19)20)7-1-2-7/h7-10H,1-6H2,(H,17,18)(H,19,20). The van der Waals surface area contributed by atoms with Crippen molar-refractivity contribution >= 4 is 11.9 Å². The Morgan fingerprint density at radius 1 is 1.05 bits per heavy atom. The third-order valence-electron chi connectivity index (χ3n) is 4.22. The zero-order chi connectivity index (χ0) is 14.9. The van der Waals surface area contributed by atoms with Crippen LogP contribution in [-0.2, 0) is 9.59 Å². The highest BCUT2D eigenvalue weighted by Crippen LogP contribution is 2.40. The molecule has 4 nitrogen and oxygen atoms in total. The molecule has 0 bridgehead atoms. The van der Waals surface area contributed by atoms with Crippen molar-refractivity contribution in [2.24, 2.45) is 17.8 Å². The first-order chi connectivity index (χ1) is 9.29. The number of hydrogen-bond donors (Lipinski definition) is 2. The molecule has 0 aromatic rings. The van der Waals surface area contributed by atoms with Gasteiger partial charge in [0.25, 0.3) is 0 Å². The number of rotatable bonds is 4. The van der Waals surface area contributed by atoms with Crippen molar-refractivity contribution in [2.45, 2.75) is 50.7 Å². The fourth-order valence-electron chi connectivity index (χ4n) is 2.76. The Hall–Kier alpha value is -1.27. The van der Waals surface area contributed by atoms with Gasteiger partial charge < -0.3 is 10.4 Å². The second-order valence-corrected chi connectivity index (χ2v) is 5.75. The summed E-state index contributed by atoms with van der Waals surface area (Å²) in [4.78, 5) is 23.0. The molecule has 2 fully saturated rings. The summed E-state index contributed by atoms with van der Waals surface area (Å²) in [6, 6.07) is -0.886. The van der Waals surface area contributed by atoms with E-state index in [4.69, 9.17) is 5.11 Å². The molecule has 0 heterocycles. The monoisotopic (exact) mass is 293 g/mol. The lowest BCUT2D eigenvalue weighted by atomic mass is 9.81. The highest BCUT2D eigenvalue weighted by Gasteiger charge is 2.43. The van der Waals surface area contributed by atoms with Gasteiger partial charge >= 0.3 is 12.1 Å². The molecule has 0 aromatic carbocycles. The van der Waals surface area contributed by atoms with Crippen LogP contribution in [0.15, 0.2) is 0 Å². The van der Waals surface area contributed by atoms with Crippen molar-refractivity contribution in [1.82, 2.24) is 5.32 Å². The van der Waals surface area contributed by atoms with Gasteiger partial charge in [-0.3, -0.25) is 4.79 Å². The van der Waals surface area contributed by atoms with E-state index in [1.165, 1.54) is 0 Å². The Balaban J connectivity index is 1.84. The number of alkyl halides is 3. The molecule has 0 spiro atoms. The van der Waals surface area contributed by atoms with Gasteiger partial charge in [0.1, 0.15) is 6.04 Å². The topological polar surface area (TPSA) is 66.4 Å². The average Bonchev–Trinajstić information content (AvgIpc) is 3.18. The van der Waals surface area contributed by atoms with Crippen LogP contribution in [0.2, 0.25) is 0 Å². The number of hydrogen-bond acceptors (Lipinski definition) is 2. The highest BCUT2D eigenvalue weighted by atomic mass is 19.4. The molecule has 2 rings (SSSR count). The Kier molecular flexibility index (Phi) is 4.25. The molecule has 2 saturated carbocycles. The van der Waals surface area contributed by atoms with E-state index in [2.05, 4.69) is 5.32 Å². The molecule has 1 amide bonds. The predicted octanol–water partition coefficient (Wildman–Crippen LogP) is 2.33. The maximum Gasteiger partial charge on any atom is 0.391 e. The van der Waals surface area contributed by atoms with Crippen LogP contribution in [0.3, 0.4) is 0 Å². The minimum atomic E-state index is -4.20. The summed E-state index contributed by atoms with van der Waals surface area (Å²) >= 11 is 0. The third kappa shape index (κ3) is 3.64. The molecule has 7 heteroatoms. The van der Waals surface area contributed by atoms with Gasteiger partial charge in [-0.15, -0.1) is 0 Å². The van der Waals surface area contributed by atoms with E-state index in [0.717, 1.165) is 12.8 Å². The van der Waals surface area contributed by atoms with Crippen LogP contribution in [0.5, 0.6) is 0 Å². The van der Waals surface area contributed by atoms with Gasteiger partial charge in [0, 0.05) is 5.92 Å². The number of amides is 1. The van der Waals surface area contributed by atoms with E-state index in [0.29, 0.717) is 0 Å². The number of nitrogens with one attached hydrogen (secondary N) is 1. The molecule has 2 N–H and O–H groups in total. The Morgan fingerprint density at radius 3 is 2.00 bits per heavy atom. The molecule has 0 aliphatic heterocycles. The van der Waals surface area contributed by atoms with E-state index in [1.54, 1.807) is 0 Å². The van der Waals surface area contributed by atoms with Gasteiger partial charge in [-0.05, 0) is 44.4 Å². The molecule has 2 aliphatic rings. The van der Waals surface area contributed by atoms with E-state index >= 15 is 0 Å². The largest absolute Gasteiger partial charge is 0.480 e. The molecule has 2 aliphatic carbocycles. The average molecular weight is 293 g/mol. The SMILES string of the molecule is O=C(NC(C(=O)O)C1CC1)C1CCC(C(F)(F)F)CC1. The zero-order valence-corrected chi connectivity index (χ0v) is 10.9. The molecule has 0 radical (unpaired) electrons. The van der Waals surface area contributed by atoms with Crippen molar-refractivity contribution in [3.05, 3.63) is 0 Å². The van der Waals surface area contributed by atoms with Crippen LogP contribution in [0.25, 0.3) is 0 Å². The second-order valence-electron chi connectivity index (χ2n) is 5.75. The maximum absolute atomic E-state index is 12.5. The van der Waals surface area contributed by atoms with Crippen LogP contribution in [0, 0.1) is 17.8 Å². The van der Waals surface area contributed by atoms with Crippen LogP contribution < -0.4 is 5.32 Å². The minimum Gasteiger partial charge on any atom is -0.480 e. The maximum atomic E-state index is 12.5. The summed E-state index contributed by atoms with van der Waals surface area (Å²) in [5.41, 5.74) is 0. The van der Waals surface area contributed by atoms with E-state index in [9.17, 15) is 22.8 Å². The van der Waals surface area contributed by atoms with Gasteiger partial charge in [-0.2, -0.15) is 13.2 Å². The summed E-state index contributed by atoms with van der Waals surface area (Å²) < 4.78 is 37.6. The predicted molar refractivity (Wildman–Crippen MR) is 63.8 cm³/mol. The third-order valence-corrected chi connectivity index (χ3v) is 4.22. The number of aliphatic carboxylic acids is 1. The Labute approximate surface area is 114 Å².